The van der Waals surface area contributed by atoms with Crippen LogP contribution >= 0.6 is 0 Å². The highest BCUT2D eigenvalue weighted by Crippen LogP contribution is 2.37. The van der Waals surface area contributed by atoms with Gasteiger partial charge in [-0.1, -0.05) is 11.6 Å². The molecule has 6 heteroatoms. The molecule has 2 rings (SSSR count). The Hall–Kier alpha value is -1.43. The van der Waals surface area contributed by atoms with E-state index in [-0.39, 0.29) is 17.8 Å². The Bertz CT molecular complexity index is 440. The van der Waals surface area contributed by atoms with Crippen molar-refractivity contribution in [2.24, 2.45) is 5.92 Å². The summed E-state index contributed by atoms with van der Waals surface area (Å²) < 4.78 is 6.97. The van der Waals surface area contributed by atoms with E-state index in [4.69, 9.17) is 9.84 Å². The first-order valence-electron chi connectivity index (χ1n) is 6.27. The molecule has 1 heterocycles. The third-order valence-electron chi connectivity index (χ3n) is 3.89. The van der Waals surface area contributed by atoms with Crippen LogP contribution in [0.5, 0.6) is 0 Å². The van der Waals surface area contributed by atoms with Crippen LogP contribution in [0, 0.1) is 5.92 Å². The summed E-state index contributed by atoms with van der Waals surface area (Å²) in [5, 5.41) is 16.9. The average Bonchev–Trinajstić information content (AvgIpc) is 2.69. The maximum absolute atomic E-state index is 11.2. The summed E-state index contributed by atoms with van der Waals surface area (Å²) in [4.78, 5) is 11.2. The first-order valence-corrected chi connectivity index (χ1v) is 6.27. The lowest BCUT2D eigenvalue weighted by Gasteiger charge is -2.32. The second-order valence-corrected chi connectivity index (χ2v) is 4.88. The molecule has 1 aliphatic carbocycles. The van der Waals surface area contributed by atoms with E-state index in [0.29, 0.717) is 11.6 Å². The summed E-state index contributed by atoms with van der Waals surface area (Å²) in [5.41, 5.74) is 0.555. The second kappa shape index (κ2) is 5.06. The van der Waals surface area contributed by atoms with E-state index < -0.39 is 5.97 Å². The zero-order chi connectivity index (χ0) is 13.3. The van der Waals surface area contributed by atoms with Crippen LogP contribution in [0.1, 0.15) is 61.4 Å². The van der Waals surface area contributed by atoms with Crippen LogP contribution in [0.3, 0.4) is 0 Å². The van der Waals surface area contributed by atoms with E-state index >= 15 is 0 Å². The molecule has 1 aromatic rings. The molecule has 2 atom stereocenters. The molecule has 1 fully saturated rings. The number of hydrogen-bond donors (Lipinski definition) is 1. The second-order valence-electron chi connectivity index (χ2n) is 4.88. The first-order chi connectivity index (χ1) is 8.56. The number of ether oxygens (including phenoxy) is 1. The molecular weight excluding hydrogens is 234 g/mol. The van der Waals surface area contributed by atoms with Crippen LogP contribution < -0.4 is 0 Å². The van der Waals surface area contributed by atoms with E-state index in [0.717, 1.165) is 0 Å². The van der Waals surface area contributed by atoms with E-state index in [1.54, 1.807) is 11.8 Å². The number of carboxylic acid groups (broad SMARTS) is 1. The molecule has 1 aliphatic rings. The standard InChI is InChI=1S/C12H19N3O3/c1-7(9-5-4-6-9)15-11(8(2)18-3)10(12(16)17)13-14-15/h7-9H,4-6H2,1-3H3,(H,16,17). The number of nitrogens with zero attached hydrogens (tertiary/aromatic N) is 3. The monoisotopic (exact) mass is 253 g/mol. The minimum atomic E-state index is -1.05. The Morgan fingerprint density at radius 3 is 2.61 bits per heavy atom. The van der Waals surface area contributed by atoms with E-state index in [2.05, 4.69) is 17.2 Å². The summed E-state index contributed by atoms with van der Waals surface area (Å²) in [6.07, 6.45) is 3.26. The molecule has 0 saturated heterocycles. The van der Waals surface area contributed by atoms with Crippen LogP contribution in [-0.2, 0) is 4.74 Å². The minimum absolute atomic E-state index is 0.00414. The highest BCUT2D eigenvalue weighted by molar-refractivity contribution is 5.86. The van der Waals surface area contributed by atoms with Crippen LogP contribution in [0.15, 0.2) is 0 Å². The van der Waals surface area contributed by atoms with Crippen molar-refractivity contribution in [2.75, 3.05) is 7.11 Å². The molecule has 2 unspecified atom stereocenters. The number of carboxylic acids is 1. The zero-order valence-electron chi connectivity index (χ0n) is 11.0. The van der Waals surface area contributed by atoms with Crippen molar-refractivity contribution in [3.63, 3.8) is 0 Å². The van der Waals surface area contributed by atoms with Crippen molar-refractivity contribution < 1.29 is 14.6 Å². The molecule has 0 aromatic carbocycles. The highest BCUT2D eigenvalue weighted by atomic mass is 16.5. The van der Waals surface area contributed by atoms with Crippen molar-refractivity contribution in [1.82, 2.24) is 15.0 Å². The number of carbonyl (C=O) groups is 1. The summed E-state index contributed by atoms with van der Waals surface area (Å²) in [7, 11) is 1.56. The third kappa shape index (κ3) is 2.12. The van der Waals surface area contributed by atoms with Gasteiger partial charge in [-0.05, 0) is 32.6 Å². The molecule has 1 aromatic heterocycles. The Morgan fingerprint density at radius 2 is 2.17 bits per heavy atom. The van der Waals surface area contributed by atoms with Crippen LogP contribution in [0.4, 0.5) is 0 Å². The number of methoxy groups -OCH3 is 1. The lowest BCUT2D eigenvalue weighted by molar-refractivity contribution is 0.0671. The third-order valence-corrected chi connectivity index (χ3v) is 3.89. The van der Waals surface area contributed by atoms with Crippen molar-refractivity contribution in [1.29, 1.82) is 0 Å². The quantitative estimate of drug-likeness (QED) is 0.868. The topological polar surface area (TPSA) is 77.2 Å². The van der Waals surface area contributed by atoms with E-state index in [1.165, 1.54) is 19.3 Å². The predicted octanol–water partition coefficient (Wildman–Crippen LogP) is 2.04. The molecule has 18 heavy (non-hydrogen) atoms. The molecule has 6 nitrogen and oxygen atoms in total. The van der Waals surface area contributed by atoms with Crippen molar-refractivity contribution >= 4 is 5.97 Å². The molecule has 0 spiro atoms. The molecule has 1 saturated carbocycles. The summed E-state index contributed by atoms with van der Waals surface area (Å²) in [5.74, 6) is -0.489. The van der Waals surface area contributed by atoms with Crippen molar-refractivity contribution in [3.8, 4) is 0 Å². The smallest absolute Gasteiger partial charge is 0.358 e. The summed E-state index contributed by atoms with van der Waals surface area (Å²) in [6, 6.07) is 0.173. The van der Waals surface area contributed by atoms with Crippen LogP contribution in [0.25, 0.3) is 0 Å². The largest absolute Gasteiger partial charge is 0.476 e. The summed E-state index contributed by atoms with van der Waals surface area (Å²) >= 11 is 0. The van der Waals surface area contributed by atoms with Gasteiger partial charge in [0.2, 0.25) is 0 Å². The van der Waals surface area contributed by atoms with Gasteiger partial charge in [-0.3, -0.25) is 0 Å². The van der Waals surface area contributed by atoms with Gasteiger partial charge in [0.05, 0.1) is 12.1 Å². The molecular formula is C12H19N3O3. The fourth-order valence-corrected chi connectivity index (χ4v) is 2.37. The van der Waals surface area contributed by atoms with Gasteiger partial charge in [-0.15, -0.1) is 5.10 Å². The maximum Gasteiger partial charge on any atom is 0.358 e. The van der Waals surface area contributed by atoms with Gasteiger partial charge in [-0.25, -0.2) is 9.48 Å². The molecule has 0 aliphatic heterocycles. The fraction of sp³-hybridized carbons (Fsp3) is 0.750. The Labute approximate surface area is 106 Å². The van der Waals surface area contributed by atoms with Crippen molar-refractivity contribution in [2.45, 2.75) is 45.3 Å². The van der Waals surface area contributed by atoms with Gasteiger partial charge in [0.1, 0.15) is 5.69 Å². The predicted molar refractivity (Wildman–Crippen MR) is 64.5 cm³/mol. The van der Waals surface area contributed by atoms with Gasteiger partial charge in [0.15, 0.2) is 5.69 Å². The number of aromatic carboxylic acids is 1. The minimum Gasteiger partial charge on any atom is -0.476 e. The van der Waals surface area contributed by atoms with Gasteiger partial charge in [0, 0.05) is 7.11 Å². The Morgan fingerprint density at radius 1 is 1.50 bits per heavy atom. The first kappa shape index (κ1) is 13.0. The fourth-order valence-electron chi connectivity index (χ4n) is 2.37. The number of rotatable bonds is 5. The molecule has 1 N–H and O–H groups in total. The lowest BCUT2D eigenvalue weighted by Crippen LogP contribution is -2.26. The zero-order valence-corrected chi connectivity index (χ0v) is 11.0. The number of hydrogen-bond acceptors (Lipinski definition) is 4. The lowest BCUT2D eigenvalue weighted by atomic mass is 9.80. The normalized spacial score (nSPS) is 19.3. The summed E-state index contributed by atoms with van der Waals surface area (Å²) in [6.45, 7) is 3.88. The average molecular weight is 253 g/mol. The van der Waals surface area contributed by atoms with Crippen LogP contribution in [0.2, 0.25) is 0 Å². The van der Waals surface area contributed by atoms with Crippen molar-refractivity contribution in [3.05, 3.63) is 11.4 Å². The van der Waals surface area contributed by atoms with E-state index in [9.17, 15) is 4.79 Å². The Kier molecular flexibility index (Phi) is 3.65. The Balaban J connectivity index is 2.36. The molecule has 100 valence electrons. The van der Waals surface area contributed by atoms with Gasteiger partial charge in [0.25, 0.3) is 0 Å². The molecule has 0 bridgehead atoms. The SMILES string of the molecule is COC(C)c1c(C(=O)O)nnn1C(C)C1CCC1. The van der Waals surface area contributed by atoms with Gasteiger partial charge in [-0.2, -0.15) is 0 Å². The van der Waals surface area contributed by atoms with E-state index in [1.807, 2.05) is 6.92 Å². The highest BCUT2D eigenvalue weighted by Gasteiger charge is 2.31. The molecule has 0 radical (unpaired) electrons. The molecule has 0 amide bonds. The maximum atomic E-state index is 11.2. The van der Waals surface area contributed by atoms with Gasteiger partial charge < -0.3 is 9.84 Å². The van der Waals surface area contributed by atoms with Gasteiger partial charge >= 0.3 is 5.97 Å². The number of aromatic nitrogens is 3. The van der Waals surface area contributed by atoms with Crippen LogP contribution in [-0.4, -0.2) is 33.2 Å².